The smallest absolute Gasteiger partial charge is 0.308 e. The number of hydrogen-bond acceptors (Lipinski definition) is 9. The highest BCUT2D eigenvalue weighted by molar-refractivity contribution is 5.81. The van der Waals surface area contributed by atoms with Crippen molar-refractivity contribution in [2.45, 2.75) is 31.0 Å². The molecule has 1 aliphatic rings. The van der Waals surface area contributed by atoms with Crippen LogP contribution in [0, 0.1) is 0 Å². The van der Waals surface area contributed by atoms with Crippen LogP contribution in [0.25, 0.3) is 11.2 Å². The third-order valence-corrected chi connectivity index (χ3v) is 3.59. The first kappa shape index (κ1) is 14.6. The maximum absolute atomic E-state index is 11.3. The van der Waals surface area contributed by atoms with Gasteiger partial charge in [-0.05, 0) is 0 Å². The van der Waals surface area contributed by atoms with Gasteiger partial charge in [0, 0.05) is 0 Å². The van der Waals surface area contributed by atoms with Gasteiger partial charge in [-0.25, -0.2) is 15.0 Å². The first-order valence-corrected chi connectivity index (χ1v) is 6.54. The number of esters is 1. The topological polar surface area (TPSA) is 146 Å². The number of carbonyl (C=O) groups excluding carboxylic acids is 1. The number of aromatic nitrogens is 4. The van der Waals surface area contributed by atoms with E-state index < -0.39 is 30.5 Å². The van der Waals surface area contributed by atoms with Gasteiger partial charge in [-0.3, -0.25) is 9.36 Å². The number of rotatable bonds is 3. The zero-order valence-corrected chi connectivity index (χ0v) is 11.7. The number of nitrogen functional groups attached to an aromatic ring is 1. The summed E-state index contributed by atoms with van der Waals surface area (Å²) in [6.45, 7) is 0. The molecule has 0 aromatic carbocycles. The summed E-state index contributed by atoms with van der Waals surface area (Å²) in [7, 11) is 1.24. The third-order valence-electron chi connectivity index (χ3n) is 3.59. The van der Waals surface area contributed by atoms with Gasteiger partial charge in [0.25, 0.3) is 0 Å². The normalized spacial score (nSPS) is 28.1. The molecule has 0 unspecified atom stereocenters. The summed E-state index contributed by atoms with van der Waals surface area (Å²) in [5, 5.41) is 20.2. The lowest BCUT2D eigenvalue weighted by Crippen LogP contribution is -2.32. The van der Waals surface area contributed by atoms with E-state index in [9.17, 15) is 15.0 Å². The Morgan fingerprint density at radius 3 is 2.91 bits per heavy atom. The second-order valence-corrected chi connectivity index (χ2v) is 4.91. The molecule has 10 nitrogen and oxygen atoms in total. The maximum atomic E-state index is 11.3. The van der Waals surface area contributed by atoms with Crippen molar-refractivity contribution in [2.75, 3.05) is 12.8 Å². The highest BCUT2D eigenvalue weighted by Gasteiger charge is 2.45. The summed E-state index contributed by atoms with van der Waals surface area (Å²) in [4.78, 5) is 23.3. The number of nitrogens with two attached hydrogens (primary N) is 1. The average molecular weight is 309 g/mol. The van der Waals surface area contributed by atoms with Crippen LogP contribution < -0.4 is 5.73 Å². The van der Waals surface area contributed by atoms with Crippen LogP contribution >= 0.6 is 0 Å². The van der Waals surface area contributed by atoms with E-state index in [1.807, 2.05) is 0 Å². The van der Waals surface area contributed by atoms with E-state index in [0.717, 1.165) is 0 Å². The Hall–Kier alpha value is -2.30. The molecule has 1 fully saturated rings. The summed E-state index contributed by atoms with van der Waals surface area (Å²) in [5.41, 5.74) is 6.43. The molecular formula is C12H15N5O5. The van der Waals surface area contributed by atoms with Crippen LogP contribution in [0.4, 0.5) is 5.82 Å². The molecule has 0 bridgehead atoms. The zero-order valence-electron chi connectivity index (χ0n) is 11.7. The van der Waals surface area contributed by atoms with Gasteiger partial charge < -0.3 is 25.4 Å². The van der Waals surface area contributed by atoms with Crippen molar-refractivity contribution in [2.24, 2.45) is 0 Å². The van der Waals surface area contributed by atoms with Crippen molar-refractivity contribution in [3.8, 4) is 0 Å². The van der Waals surface area contributed by atoms with Crippen molar-refractivity contribution in [3.63, 3.8) is 0 Å². The molecule has 22 heavy (non-hydrogen) atoms. The third kappa shape index (κ3) is 2.26. The number of carbonyl (C=O) groups is 1. The minimum atomic E-state index is -1.25. The predicted molar refractivity (Wildman–Crippen MR) is 72.3 cm³/mol. The number of methoxy groups -OCH3 is 1. The van der Waals surface area contributed by atoms with Crippen molar-refractivity contribution >= 4 is 23.0 Å². The van der Waals surface area contributed by atoms with Crippen molar-refractivity contribution in [3.05, 3.63) is 12.7 Å². The van der Waals surface area contributed by atoms with E-state index >= 15 is 0 Å². The van der Waals surface area contributed by atoms with Crippen molar-refractivity contribution < 1.29 is 24.5 Å². The largest absolute Gasteiger partial charge is 0.469 e. The molecule has 2 aromatic rings. The summed E-state index contributed by atoms with van der Waals surface area (Å²) in [6.07, 6.45) is -1.83. The average Bonchev–Trinajstić information content (AvgIpc) is 3.05. The number of nitrogens with zero attached hydrogens (tertiary/aromatic N) is 4. The monoisotopic (exact) mass is 309 g/mol. The molecule has 3 rings (SSSR count). The fraction of sp³-hybridized carbons (Fsp3) is 0.500. The predicted octanol–water partition coefficient (Wildman–Crippen LogP) is -1.41. The number of ether oxygens (including phenoxy) is 2. The van der Waals surface area contributed by atoms with Crippen molar-refractivity contribution in [1.29, 1.82) is 0 Å². The number of imidazole rings is 1. The first-order valence-electron chi connectivity index (χ1n) is 6.54. The molecule has 4 atom stereocenters. The van der Waals surface area contributed by atoms with Crippen LogP contribution in [0.5, 0.6) is 0 Å². The molecule has 0 amide bonds. The molecule has 0 aliphatic carbocycles. The minimum Gasteiger partial charge on any atom is -0.469 e. The van der Waals surface area contributed by atoms with Gasteiger partial charge in [-0.15, -0.1) is 0 Å². The van der Waals surface area contributed by atoms with Crippen LogP contribution in [0.3, 0.4) is 0 Å². The number of anilines is 1. The van der Waals surface area contributed by atoms with Gasteiger partial charge in [-0.1, -0.05) is 0 Å². The van der Waals surface area contributed by atoms with E-state index in [0.29, 0.717) is 11.2 Å². The van der Waals surface area contributed by atoms with Crippen LogP contribution in [-0.4, -0.2) is 61.1 Å². The van der Waals surface area contributed by atoms with Crippen LogP contribution in [0.1, 0.15) is 12.6 Å². The first-order chi connectivity index (χ1) is 10.5. The molecular weight excluding hydrogens is 294 g/mol. The molecule has 118 valence electrons. The lowest BCUT2D eigenvalue weighted by atomic mass is 10.1. The Morgan fingerprint density at radius 1 is 1.41 bits per heavy atom. The van der Waals surface area contributed by atoms with E-state index in [1.165, 1.54) is 24.3 Å². The molecule has 3 heterocycles. The van der Waals surface area contributed by atoms with Gasteiger partial charge >= 0.3 is 5.97 Å². The van der Waals surface area contributed by atoms with Gasteiger partial charge in [0.1, 0.15) is 24.1 Å². The number of aliphatic hydroxyl groups excluding tert-OH is 2. The van der Waals surface area contributed by atoms with Crippen LogP contribution in [0.15, 0.2) is 12.7 Å². The number of aliphatic hydroxyl groups is 2. The lowest BCUT2D eigenvalue weighted by Gasteiger charge is -2.16. The Bertz CT molecular complexity index is 704. The zero-order chi connectivity index (χ0) is 15.9. The highest BCUT2D eigenvalue weighted by atomic mass is 16.6. The highest BCUT2D eigenvalue weighted by Crippen LogP contribution is 2.33. The molecule has 10 heteroatoms. The fourth-order valence-corrected chi connectivity index (χ4v) is 2.43. The summed E-state index contributed by atoms with van der Waals surface area (Å²) >= 11 is 0. The lowest BCUT2D eigenvalue weighted by molar-refractivity contribution is -0.145. The van der Waals surface area contributed by atoms with Gasteiger partial charge in [-0.2, -0.15) is 0 Å². The van der Waals surface area contributed by atoms with E-state index in [-0.39, 0.29) is 12.2 Å². The van der Waals surface area contributed by atoms with Crippen LogP contribution in [0.2, 0.25) is 0 Å². The van der Waals surface area contributed by atoms with E-state index in [2.05, 4.69) is 19.7 Å². The van der Waals surface area contributed by atoms with E-state index in [1.54, 1.807) is 0 Å². The SMILES string of the molecule is COC(=O)C[C@H]1O[C@@H](n2cnc3c(N)ncnc32)[C@H](O)[C@@H]1O. The van der Waals surface area contributed by atoms with E-state index in [4.69, 9.17) is 10.5 Å². The summed E-state index contributed by atoms with van der Waals surface area (Å²) < 4.78 is 11.6. The van der Waals surface area contributed by atoms with Gasteiger partial charge in [0.05, 0.1) is 26.0 Å². The fourth-order valence-electron chi connectivity index (χ4n) is 2.43. The van der Waals surface area contributed by atoms with Gasteiger partial charge in [0.2, 0.25) is 0 Å². The molecule has 1 saturated heterocycles. The Kier molecular flexibility index (Phi) is 3.64. The molecule has 4 N–H and O–H groups in total. The number of hydrogen-bond donors (Lipinski definition) is 3. The van der Waals surface area contributed by atoms with Crippen LogP contribution in [-0.2, 0) is 14.3 Å². The maximum Gasteiger partial charge on any atom is 0.308 e. The standard InChI is InChI=1S/C12H15N5O5/c1-21-6(18)2-5-8(19)9(20)12(22-5)17-4-16-7-10(13)14-3-15-11(7)17/h3-5,8-9,12,19-20H,2H2,1H3,(H2,13,14,15)/t5-,8-,9-,12-/m1/s1. The Morgan fingerprint density at radius 2 is 2.18 bits per heavy atom. The second-order valence-electron chi connectivity index (χ2n) is 4.91. The quantitative estimate of drug-likeness (QED) is 0.582. The molecule has 2 aromatic heterocycles. The minimum absolute atomic E-state index is 0.172. The molecule has 0 saturated carbocycles. The molecule has 0 radical (unpaired) electrons. The molecule has 1 aliphatic heterocycles. The second kappa shape index (κ2) is 5.48. The Labute approximate surface area is 124 Å². The Balaban J connectivity index is 1.91. The van der Waals surface area contributed by atoms with Gasteiger partial charge in [0.15, 0.2) is 17.7 Å². The summed E-state index contributed by atoms with van der Waals surface area (Å²) in [5.74, 6) is -0.346. The number of fused-ring (bicyclic) bond motifs is 1. The summed E-state index contributed by atoms with van der Waals surface area (Å²) in [6, 6.07) is 0. The van der Waals surface area contributed by atoms with Crippen molar-refractivity contribution in [1.82, 2.24) is 19.5 Å². The molecule has 0 spiro atoms.